The van der Waals surface area contributed by atoms with Gasteiger partial charge in [-0.3, -0.25) is 0 Å². The number of hydrogen-bond donors (Lipinski definition) is 0. The van der Waals surface area contributed by atoms with E-state index < -0.39 is 33.3 Å². The molecule has 0 radical (unpaired) electrons. The maximum Gasteiger partial charge on any atom is 0.417 e. The second kappa shape index (κ2) is 9.35. The fourth-order valence-electron chi connectivity index (χ4n) is 3.84. The molecule has 1 saturated heterocycles. The van der Waals surface area contributed by atoms with Crippen LogP contribution >= 0.6 is 0 Å². The van der Waals surface area contributed by atoms with Gasteiger partial charge in [0.05, 0.1) is 40.3 Å². The Morgan fingerprint density at radius 2 is 1.85 bits per heavy atom. The highest BCUT2D eigenvalue weighted by Gasteiger charge is 2.35. The molecule has 1 aliphatic heterocycles. The number of imidazole rings is 1. The quantitative estimate of drug-likeness (QED) is 0.485. The number of carbonyl (C=O) groups is 1. The molecule has 1 fully saturated rings. The number of benzene rings is 2. The smallest absolute Gasteiger partial charge is 0.417 e. The number of fused-ring (bicyclic) bond motifs is 1. The van der Waals surface area contributed by atoms with Crippen molar-refractivity contribution in [2.45, 2.75) is 31.1 Å². The Balaban J connectivity index is 1.60. The van der Waals surface area contributed by atoms with E-state index in [-0.39, 0.29) is 30.4 Å². The molecule has 0 bridgehead atoms. The van der Waals surface area contributed by atoms with E-state index in [9.17, 15) is 26.4 Å². The number of ether oxygens (including phenoxy) is 2. The third-order valence-electron chi connectivity index (χ3n) is 5.51. The first kappa shape index (κ1) is 24.2. The van der Waals surface area contributed by atoms with Crippen LogP contribution in [0.15, 0.2) is 47.4 Å². The maximum absolute atomic E-state index is 13.2. The first-order valence-electron chi connectivity index (χ1n) is 10.5. The number of carbonyl (C=O) groups excluding carboxylic acids is 1. The summed E-state index contributed by atoms with van der Waals surface area (Å²) in [7, 11) is -3.73. The van der Waals surface area contributed by atoms with Gasteiger partial charge in [0.25, 0.3) is 0 Å². The van der Waals surface area contributed by atoms with Crippen molar-refractivity contribution in [2.75, 3.05) is 26.3 Å². The minimum atomic E-state index is -4.70. The lowest BCUT2D eigenvalue weighted by molar-refractivity contribution is -0.138. The van der Waals surface area contributed by atoms with E-state index in [1.54, 1.807) is 10.6 Å². The number of aromatic nitrogens is 2. The number of hydrogen-bond acceptors (Lipinski definition) is 6. The van der Waals surface area contributed by atoms with E-state index in [1.807, 2.05) is 6.92 Å². The van der Waals surface area contributed by atoms with Gasteiger partial charge in [-0.15, -0.1) is 0 Å². The Hall–Kier alpha value is -2.96. The van der Waals surface area contributed by atoms with Gasteiger partial charge in [0.15, 0.2) is 0 Å². The molecule has 2 aromatic carbocycles. The Kier molecular flexibility index (Phi) is 6.65. The van der Waals surface area contributed by atoms with Crippen LogP contribution in [0.1, 0.15) is 28.7 Å². The topological polar surface area (TPSA) is 90.7 Å². The Labute approximate surface area is 193 Å². The van der Waals surface area contributed by atoms with E-state index in [0.29, 0.717) is 30.8 Å². The van der Waals surface area contributed by atoms with Crippen molar-refractivity contribution >= 4 is 27.0 Å². The standard InChI is InChI=1S/C22H22F3N3O5S/c1-2-28-19-8-7-15(34(30,31)27-9-11-32-12-10-27)13-18(19)26-20(28)14-33-21(29)16-5-3-4-6-17(16)22(23,24)25/h3-8,13H,2,9-12,14H2,1H3. The number of nitrogens with zero attached hydrogens (tertiary/aromatic N) is 3. The van der Waals surface area contributed by atoms with Gasteiger partial charge in [-0.2, -0.15) is 17.5 Å². The number of halogens is 3. The first-order valence-corrected chi connectivity index (χ1v) is 12.0. The first-order chi connectivity index (χ1) is 16.1. The second-order valence-corrected chi connectivity index (χ2v) is 9.50. The maximum atomic E-state index is 13.2. The fourth-order valence-corrected chi connectivity index (χ4v) is 5.26. The van der Waals surface area contributed by atoms with Crippen LogP contribution in [0.25, 0.3) is 11.0 Å². The van der Waals surface area contributed by atoms with Gasteiger partial charge in [-0.1, -0.05) is 12.1 Å². The van der Waals surface area contributed by atoms with Crippen LogP contribution in [0.2, 0.25) is 0 Å². The number of alkyl halides is 3. The van der Waals surface area contributed by atoms with Crippen LogP contribution < -0.4 is 0 Å². The third kappa shape index (κ3) is 4.65. The van der Waals surface area contributed by atoms with Crippen LogP contribution in [0.3, 0.4) is 0 Å². The van der Waals surface area contributed by atoms with E-state index >= 15 is 0 Å². The molecule has 0 aliphatic carbocycles. The van der Waals surface area contributed by atoms with E-state index in [1.165, 1.54) is 28.6 Å². The average Bonchev–Trinajstić information content (AvgIpc) is 3.19. The number of morpholine rings is 1. The molecule has 1 aromatic heterocycles. The molecular formula is C22H22F3N3O5S. The average molecular weight is 497 g/mol. The van der Waals surface area contributed by atoms with Gasteiger partial charge in [-0.25, -0.2) is 18.2 Å². The molecular weight excluding hydrogens is 475 g/mol. The summed E-state index contributed by atoms with van der Waals surface area (Å²) in [5.41, 5.74) is -0.682. The van der Waals surface area contributed by atoms with Crippen molar-refractivity contribution in [1.29, 1.82) is 0 Å². The summed E-state index contributed by atoms with van der Waals surface area (Å²) in [5, 5.41) is 0. The predicted molar refractivity (Wildman–Crippen MR) is 116 cm³/mol. The molecule has 0 unspecified atom stereocenters. The van der Waals surface area contributed by atoms with Crippen molar-refractivity contribution in [2.24, 2.45) is 0 Å². The van der Waals surface area contributed by atoms with Gasteiger partial charge >= 0.3 is 12.1 Å². The summed E-state index contributed by atoms with van der Waals surface area (Å²) < 4.78 is 79.0. The number of aryl methyl sites for hydroxylation is 1. The van der Waals surface area contributed by atoms with Crippen LogP contribution in [0, 0.1) is 0 Å². The van der Waals surface area contributed by atoms with Gasteiger partial charge in [0.1, 0.15) is 12.4 Å². The summed E-state index contributed by atoms with van der Waals surface area (Å²) in [6.45, 7) is 3.02. The molecule has 2 heterocycles. The molecule has 0 amide bonds. The zero-order valence-corrected chi connectivity index (χ0v) is 19.0. The Morgan fingerprint density at radius 3 is 2.53 bits per heavy atom. The van der Waals surface area contributed by atoms with Crippen molar-refractivity contribution in [3.8, 4) is 0 Å². The zero-order valence-electron chi connectivity index (χ0n) is 18.2. The molecule has 0 N–H and O–H groups in total. The van der Waals surface area contributed by atoms with Crippen molar-refractivity contribution in [3.05, 3.63) is 59.4 Å². The summed E-state index contributed by atoms with van der Waals surface area (Å²) in [6, 6.07) is 8.92. The molecule has 0 saturated carbocycles. The van der Waals surface area contributed by atoms with E-state index in [0.717, 1.165) is 12.1 Å². The molecule has 182 valence electrons. The molecule has 1 aliphatic rings. The molecule has 3 aromatic rings. The van der Waals surface area contributed by atoms with Crippen molar-refractivity contribution in [1.82, 2.24) is 13.9 Å². The van der Waals surface area contributed by atoms with Crippen LogP contribution in [-0.4, -0.2) is 54.5 Å². The highest BCUT2D eigenvalue weighted by Crippen LogP contribution is 2.32. The monoisotopic (exact) mass is 497 g/mol. The van der Waals surface area contributed by atoms with Crippen LogP contribution in [0.5, 0.6) is 0 Å². The Bertz CT molecular complexity index is 1320. The minimum Gasteiger partial charge on any atom is -0.454 e. The minimum absolute atomic E-state index is 0.0744. The normalized spacial score (nSPS) is 15.5. The number of rotatable bonds is 6. The third-order valence-corrected chi connectivity index (χ3v) is 7.40. The van der Waals surface area contributed by atoms with Gasteiger partial charge in [0, 0.05) is 19.6 Å². The second-order valence-electron chi connectivity index (χ2n) is 7.56. The molecule has 12 heteroatoms. The van der Waals surface area contributed by atoms with Crippen molar-refractivity contribution in [3.63, 3.8) is 0 Å². The highest BCUT2D eigenvalue weighted by atomic mass is 32.2. The summed E-state index contributed by atoms with van der Waals surface area (Å²) in [5.74, 6) is -0.838. The highest BCUT2D eigenvalue weighted by molar-refractivity contribution is 7.89. The summed E-state index contributed by atoms with van der Waals surface area (Å²) in [4.78, 5) is 16.9. The largest absolute Gasteiger partial charge is 0.454 e. The molecule has 0 spiro atoms. The van der Waals surface area contributed by atoms with Crippen molar-refractivity contribution < 1.29 is 35.9 Å². The Morgan fingerprint density at radius 1 is 1.15 bits per heavy atom. The van der Waals surface area contributed by atoms with Gasteiger partial charge in [0.2, 0.25) is 10.0 Å². The lowest BCUT2D eigenvalue weighted by Crippen LogP contribution is -2.40. The molecule has 34 heavy (non-hydrogen) atoms. The summed E-state index contributed by atoms with van der Waals surface area (Å²) in [6.07, 6.45) is -4.70. The van der Waals surface area contributed by atoms with Crippen LogP contribution in [0.4, 0.5) is 13.2 Å². The molecule has 0 atom stereocenters. The predicted octanol–water partition coefficient (Wildman–Crippen LogP) is 3.45. The van der Waals surface area contributed by atoms with E-state index in [2.05, 4.69) is 4.98 Å². The fraction of sp³-hybridized carbons (Fsp3) is 0.364. The molecule has 4 rings (SSSR count). The number of sulfonamides is 1. The van der Waals surface area contributed by atoms with Gasteiger partial charge in [-0.05, 0) is 37.3 Å². The van der Waals surface area contributed by atoms with Crippen LogP contribution in [-0.2, 0) is 38.8 Å². The zero-order chi connectivity index (χ0) is 24.5. The number of esters is 1. The van der Waals surface area contributed by atoms with Gasteiger partial charge < -0.3 is 14.0 Å². The SMILES string of the molecule is CCn1c(COC(=O)c2ccccc2C(F)(F)F)nc2cc(S(=O)(=O)N3CCOCC3)ccc21. The molecule has 8 nitrogen and oxygen atoms in total. The lowest BCUT2D eigenvalue weighted by Gasteiger charge is -2.26. The summed E-state index contributed by atoms with van der Waals surface area (Å²) >= 11 is 0. The van der Waals surface area contributed by atoms with E-state index in [4.69, 9.17) is 9.47 Å². The lowest BCUT2D eigenvalue weighted by atomic mass is 10.1.